The number of benzene rings is 1. The van der Waals surface area contributed by atoms with E-state index < -0.39 is 21.2 Å². The van der Waals surface area contributed by atoms with Gasteiger partial charge < -0.3 is 5.11 Å². The summed E-state index contributed by atoms with van der Waals surface area (Å²) in [5.74, 6) is -1.08. The van der Waals surface area contributed by atoms with Crippen LogP contribution in [-0.2, 0) is 10.0 Å². The third-order valence-electron chi connectivity index (χ3n) is 2.73. The van der Waals surface area contributed by atoms with Crippen molar-refractivity contribution in [3.63, 3.8) is 0 Å². The summed E-state index contributed by atoms with van der Waals surface area (Å²) in [5.41, 5.74) is 0.389. The van der Waals surface area contributed by atoms with Gasteiger partial charge in [0, 0.05) is 7.05 Å². The fourth-order valence-electron chi connectivity index (χ4n) is 1.52. The average Bonchev–Trinajstić information content (AvgIpc) is 2.39. The highest BCUT2D eigenvalue weighted by Gasteiger charge is 2.28. The molecular weight excluding hydrogens is 268 g/mol. The molecule has 0 fully saturated rings. The second-order valence-corrected chi connectivity index (χ2v) is 6.04. The van der Waals surface area contributed by atoms with E-state index in [1.165, 1.54) is 31.3 Å². The number of nitrogens with zero attached hydrogens (tertiary/aromatic N) is 2. The van der Waals surface area contributed by atoms with Crippen molar-refractivity contribution in [3.05, 3.63) is 29.8 Å². The minimum absolute atomic E-state index is 0.0712. The molecule has 1 aromatic carbocycles. The summed E-state index contributed by atoms with van der Waals surface area (Å²) in [7, 11) is -2.42. The minimum atomic E-state index is -3.76. The maximum atomic E-state index is 12.1. The molecule has 19 heavy (non-hydrogen) atoms. The number of nitriles is 1. The second kappa shape index (κ2) is 5.71. The van der Waals surface area contributed by atoms with E-state index in [0.717, 1.165) is 4.31 Å². The van der Waals surface area contributed by atoms with Gasteiger partial charge in [-0.25, -0.2) is 13.2 Å². The fraction of sp³-hybridized carbons (Fsp3) is 0.333. The molecule has 0 bridgehead atoms. The van der Waals surface area contributed by atoms with Crippen LogP contribution < -0.4 is 4.31 Å². The van der Waals surface area contributed by atoms with Gasteiger partial charge in [0.15, 0.2) is 5.25 Å². The first kappa shape index (κ1) is 15.0. The van der Waals surface area contributed by atoms with E-state index in [-0.39, 0.29) is 12.0 Å². The lowest BCUT2D eigenvalue weighted by molar-refractivity contribution is 0.0697. The first-order valence-corrected chi connectivity index (χ1v) is 7.05. The van der Waals surface area contributed by atoms with Crippen LogP contribution in [0, 0.1) is 11.3 Å². The third kappa shape index (κ3) is 3.03. The maximum absolute atomic E-state index is 12.1. The molecule has 1 atom stereocenters. The van der Waals surface area contributed by atoms with Gasteiger partial charge in [0.1, 0.15) is 0 Å². The molecule has 102 valence electrons. The van der Waals surface area contributed by atoms with Crippen LogP contribution in [0.5, 0.6) is 0 Å². The van der Waals surface area contributed by atoms with Gasteiger partial charge in [0.05, 0.1) is 17.3 Å². The third-order valence-corrected chi connectivity index (χ3v) is 4.87. The Morgan fingerprint density at radius 3 is 2.32 bits per heavy atom. The monoisotopic (exact) mass is 282 g/mol. The zero-order chi connectivity index (χ0) is 14.6. The standard InChI is InChI=1S/C12H14N2O4S/c1-3-11(8-13)19(17,18)14(2)10-6-4-9(5-7-10)12(15)16/h4-7,11H,3H2,1-2H3,(H,15,16). The summed E-state index contributed by atoms with van der Waals surface area (Å²) >= 11 is 0. The van der Waals surface area contributed by atoms with E-state index in [4.69, 9.17) is 10.4 Å². The van der Waals surface area contributed by atoms with Gasteiger partial charge in [-0.1, -0.05) is 6.92 Å². The molecule has 0 aliphatic carbocycles. The van der Waals surface area contributed by atoms with E-state index in [1.54, 1.807) is 13.0 Å². The molecule has 1 aromatic rings. The summed E-state index contributed by atoms with van der Waals surface area (Å²) in [6, 6.07) is 7.17. The molecule has 7 heteroatoms. The molecular formula is C12H14N2O4S. The molecule has 0 aliphatic rings. The lowest BCUT2D eigenvalue weighted by Gasteiger charge is -2.21. The van der Waals surface area contributed by atoms with Crippen LogP contribution in [0.3, 0.4) is 0 Å². The fourth-order valence-corrected chi connectivity index (χ4v) is 2.87. The van der Waals surface area contributed by atoms with Crippen LogP contribution in [0.15, 0.2) is 24.3 Å². The molecule has 1 rings (SSSR count). The second-order valence-electron chi connectivity index (χ2n) is 3.89. The quantitative estimate of drug-likeness (QED) is 0.881. The zero-order valence-electron chi connectivity index (χ0n) is 10.6. The number of hydrogen-bond donors (Lipinski definition) is 1. The predicted molar refractivity (Wildman–Crippen MR) is 70.4 cm³/mol. The Kier molecular flexibility index (Phi) is 4.51. The highest BCUT2D eigenvalue weighted by molar-refractivity contribution is 7.93. The summed E-state index contributed by atoms with van der Waals surface area (Å²) in [4.78, 5) is 10.7. The Labute approximate surface area is 111 Å². The SMILES string of the molecule is CCC(C#N)S(=O)(=O)N(C)c1ccc(C(=O)O)cc1. The highest BCUT2D eigenvalue weighted by Crippen LogP contribution is 2.20. The Morgan fingerprint density at radius 2 is 1.95 bits per heavy atom. The van der Waals surface area contributed by atoms with Gasteiger partial charge in [-0.05, 0) is 30.7 Å². The zero-order valence-corrected chi connectivity index (χ0v) is 11.4. The number of sulfonamides is 1. The van der Waals surface area contributed by atoms with E-state index in [0.29, 0.717) is 5.69 Å². The molecule has 0 saturated carbocycles. The molecule has 1 unspecified atom stereocenters. The first-order chi connectivity index (χ1) is 8.84. The molecule has 0 heterocycles. The summed E-state index contributed by atoms with van der Waals surface area (Å²) in [5, 5.41) is 16.5. The van der Waals surface area contributed by atoms with Crippen LogP contribution in [0.2, 0.25) is 0 Å². The molecule has 0 radical (unpaired) electrons. The lowest BCUT2D eigenvalue weighted by Crippen LogP contribution is -2.35. The Hall–Kier alpha value is -2.07. The van der Waals surface area contributed by atoms with Crippen molar-refractivity contribution in [2.75, 3.05) is 11.4 Å². The topological polar surface area (TPSA) is 98.5 Å². The van der Waals surface area contributed by atoms with Gasteiger partial charge in [0.2, 0.25) is 0 Å². The van der Waals surface area contributed by atoms with Crippen LogP contribution in [0.1, 0.15) is 23.7 Å². The number of hydrogen-bond acceptors (Lipinski definition) is 4. The van der Waals surface area contributed by atoms with Gasteiger partial charge in [-0.2, -0.15) is 5.26 Å². The first-order valence-electron chi connectivity index (χ1n) is 5.55. The van der Waals surface area contributed by atoms with Gasteiger partial charge in [-0.15, -0.1) is 0 Å². The molecule has 0 amide bonds. The molecule has 0 saturated heterocycles. The van der Waals surface area contributed by atoms with Crippen molar-refractivity contribution in [2.24, 2.45) is 0 Å². The van der Waals surface area contributed by atoms with Gasteiger partial charge >= 0.3 is 5.97 Å². The normalized spacial score (nSPS) is 12.5. The number of rotatable bonds is 5. The molecule has 0 aliphatic heterocycles. The Balaban J connectivity index is 3.10. The number of aromatic carboxylic acids is 1. The van der Waals surface area contributed by atoms with Crippen LogP contribution >= 0.6 is 0 Å². The predicted octanol–water partition coefficient (Wildman–Crippen LogP) is 1.45. The largest absolute Gasteiger partial charge is 0.478 e. The van der Waals surface area contributed by atoms with E-state index in [1.807, 2.05) is 0 Å². The summed E-state index contributed by atoms with van der Waals surface area (Å²) < 4.78 is 25.2. The minimum Gasteiger partial charge on any atom is -0.478 e. The van der Waals surface area contributed by atoms with Crippen molar-refractivity contribution < 1.29 is 18.3 Å². The smallest absolute Gasteiger partial charge is 0.335 e. The van der Waals surface area contributed by atoms with Crippen molar-refractivity contribution in [1.82, 2.24) is 0 Å². The lowest BCUT2D eigenvalue weighted by atomic mass is 10.2. The van der Waals surface area contributed by atoms with Gasteiger partial charge in [0.25, 0.3) is 10.0 Å². The highest BCUT2D eigenvalue weighted by atomic mass is 32.2. The number of carboxylic acids is 1. The number of carbonyl (C=O) groups is 1. The van der Waals surface area contributed by atoms with Crippen LogP contribution in [0.4, 0.5) is 5.69 Å². The van der Waals surface area contributed by atoms with Crippen LogP contribution in [0.25, 0.3) is 0 Å². The van der Waals surface area contributed by atoms with Gasteiger partial charge in [-0.3, -0.25) is 4.31 Å². The van der Waals surface area contributed by atoms with E-state index in [9.17, 15) is 13.2 Å². The van der Waals surface area contributed by atoms with Crippen molar-refractivity contribution in [1.29, 1.82) is 5.26 Å². The molecule has 1 N–H and O–H groups in total. The number of anilines is 1. The molecule has 6 nitrogen and oxygen atoms in total. The van der Waals surface area contributed by atoms with Crippen molar-refractivity contribution in [2.45, 2.75) is 18.6 Å². The van der Waals surface area contributed by atoms with Crippen LogP contribution in [-0.4, -0.2) is 31.8 Å². The Bertz CT molecular complexity index is 602. The molecule has 0 aromatic heterocycles. The number of carboxylic acid groups (broad SMARTS) is 1. The maximum Gasteiger partial charge on any atom is 0.335 e. The Morgan fingerprint density at radius 1 is 1.42 bits per heavy atom. The summed E-state index contributed by atoms with van der Waals surface area (Å²) in [6.45, 7) is 1.62. The average molecular weight is 282 g/mol. The van der Waals surface area contributed by atoms with Crippen molar-refractivity contribution in [3.8, 4) is 6.07 Å². The van der Waals surface area contributed by atoms with E-state index >= 15 is 0 Å². The van der Waals surface area contributed by atoms with Crippen molar-refractivity contribution >= 4 is 21.7 Å². The molecule has 0 spiro atoms. The summed E-state index contributed by atoms with van der Waals surface area (Å²) in [6.07, 6.45) is 0.191. The van der Waals surface area contributed by atoms with E-state index in [2.05, 4.69) is 0 Å².